The van der Waals surface area contributed by atoms with Gasteiger partial charge in [0.15, 0.2) is 0 Å². The highest BCUT2D eigenvalue weighted by atomic mass is 16.3. The van der Waals surface area contributed by atoms with Crippen molar-refractivity contribution in [2.45, 2.75) is 19.3 Å². The summed E-state index contributed by atoms with van der Waals surface area (Å²) in [5, 5.41) is 11.9. The lowest BCUT2D eigenvalue weighted by molar-refractivity contribution is 0.292. The average molecular weight is 271 g/mol. The van der Waals surface area contributed by atoms with E-state index in [-0.39, 0.29) is 6.61 Å². The molecule has 2 N–H and O–H groups in total. The number of aryl methyl sites for hydroxylation is 1. The first-order valence-electron chi connectivity index (χ1n) is 7.08. The van der Waals surface area contributed by atoms with Gasteiger partial charge in [-0.25, -0.2) is 0 Å². The highest BCUT2D eigenvalue weighted by Gasteiger charge is 2.01. The van der Waals surface area contributed by atoms with Gasteiger partial charge in [-0.2, -0.15) is 0 Å². The molecule has 0 saturated heterocycles. The number of hydrogen-bond donors (Lipinski definition) is 2. The topological polar surface area (TPSA) is 58.0 Å². The number of unbranched alkanes of at least 4 members (excludes halogenated alkanes) is 1. The second-order valence-corrected chi connectivity index (χ2v) is 4.70. The van der Waals surface area contributed by atoms with Crippen molar-refractivity contribution in [3.8, 4) is 11.4 Å². The summed E-state index contributed by atoms with van der Waals surface area (Å²) < 4.78 is 0. The Hall–Kier alpha value is -1.78. The SMILES string of the molecule is OCCNCCCCc1ccnc(-c2ccccn2)c1. The van der Waals surface area contributed by atoms with E-state index in [1.165, 1.54) is 5.56 Å². The molecule has 4 nitrogen and oxygen atoms in total. The molecule has 0 bridgehead atoms. The number of aromatic nitrogens is 2. The fourth-order valence-corrected chi connectivity index (χ4v) is 2.07. The molecule has 0 aromatic carbocycles. The maximum Gasteiger partial charge on any atom is 0.0888 e. The van der Waals surface area contributed by atoms with Crippen molar-refractivity contribution < 1.29 is 5.11 Å². The van der Waals surface area contributed by atoms with Crippen molar-refractivity contribution in [1.29, 1.82) is 0 Å². The van der Waals surface area contributed by atoms with E-state index >= 15 is 0 Å². The van der Waals surface area contributed by atoms with Gasteiger partial charge in [-0.3, -0.25) is 9.97 Å². The second kappa shape index (κ2) is 8.40. The third-order valence-electron chi connectivity index (χ3n) is 3.11. The molecule has 0 fully saturated rings. The molecule has 0 saturated carbocycles. The molecule has 0 amide bonds. The standard InChI is InChI=1S/C16H21N3O/c20-12-11-17-8-3-1-5-14-7-10-19-16(13-14)15-6-2-4-9-18-15/h2,4,6-7,9-10,13,17,20H,1,3,5,8,11-12H2. The number of aliphatic hydroxyl groups excluding tert-OH is 1. The van der Waals surface area contributed by atoms with E-state index in [0.717, 1.165) is 37.2 Å². The third-order valence-corrected chi connectivity index (χ3v) is 3.11. The van der Waals surface area contributed by atoms with E-state index in [1.807, 2.05) is 24.4 Å². The summed E-state index contributed by atoms with van der Waals surface area (Å²) in [5.74, 6) is 0. The molecule has 0 radical (unpaired) electrons. The summed E-state index contributed by atoms with van der Waals surface area (Å²) in [4.78, 5) is 8.70. The van der Waals surface area contributed by atoms with Crippen molar-refractivity contribution >= 4 is 0 Å². The van der Waals surface area contributed by atoms with Crippen molar-refractivity contribution in [3.63, 3.8) is 0 Å². The van der Waals surface area contributed by atoms with Gasteiger partial charge in [0.2, 0.25) is 0 Å². The minimum atomic E-state index is 0.206. The molecule has 0 aliphatic rings. The molecule has 106 valence electrons. The fraction of sp³-hybridized carbons (Fsp3) is 0.375. The summed E-state index contributed by atoms with van der Waals surface area (Å²) in [6, 6.07) is 10.0. The molecule has 0 aliphatic carbocycles. The van der Waals surface area contributed by atoms with Crippen LogP contribution < -0.4 is 5.32 Å². The van der Waals surface area contributed by atoms with Crippen molar-refractivity contribution in [2.75, 3.05) is 19.7 Å². The maximum absolute atomic E-state index is 8.66. The Morgan fingerprint density at radius 1 is 0.950 bits per heavy atom. The molecule has 0 spiro atoms. The number of hydrogen-bond acceptors (Lipinski definition) is 4. The summed E-state index contributed by atoms with van der Waals surface area (Å²) in [7, 11) is 0. The maximum atomic E-state index is 8.66. The van der Waals surface area contributed by atoms with E-state index in [1.54, 1.807) is 6.20 Å². The van der Waals surface area contributed by atoms with Gasteiger partial charge in [0.25, 0.3) is 0 Å². The van der Waals surface area contributed by atoms with E-state index in [2.05, 4.69) is 27.4 Å². The number of aliphatic hydroxyl groups is 1. The molecule has 2 rings (SSSR count). The Kier molecular flexibility index (Phi) is 6.14. The van der Waals surface area contributed by atoms with Crippen molar-refractivity contribution in [2.24, 2.45) is 0 Å². The van der Waals surface area contributed by atoms with E-state index in [4.69, 9.17) is 5.11 Å². The van der Waals surface area contributed by atoms with Crippen LogP contribution in [0.25, 0.3) is 11.4 Å². The van der Waals surface area contributed by atoms with Crippen molar-refractivity contribution in [1.82, 2.24) is 15.3 Å². The highest BCUT2D eigenvalue weighted by Crippen LogP contribution is 2.15. The van der Waals surface area contributed by atoms with Crippen LogP contribution in [0.2, 0.25) is 0 Å². The Labute approximate surface area is 119 Å². The quantitative estimate of drug-likeness (QED) is 0.721. The van der Waals surface area contributed by atoms with E-state index in [0.29, 0.717) is 6.54 Å². The Morgan fingerprint density at radius 3 is 2.65 bits per heavy atom. The highest BCUT2D eigenvalue weighted by molar-refractivity contribution is 5.54. The minimum Gasteiger partial charge on any atom is -0.395 e. The van der Waals surface area contributed by atoms with Crippen LogP contribution in [-0.2, 0) is 6.42 Å². The Balaban J connectivity index is 1.84. The lowest BCUT2D eigenvalue weighted by Crippen LogP contribution is -2.19. The average Bonchev–Trinajstić information content (AvgIpc) is 2.52. The van der Waals surface area contributed by atoms with Crippen LogP contribution in [0.3, 0.4) is 0 Å². The molecule has 2 aromatic heterocycles. The monoisotopic (exact) mass is 271 g/mol. The number of rotatable bonds is 8. The smallest absolute Gasteiger partial charge is 0.0888 e. The fourth-order valence-electron chi connectivity index (χ4n) is 2.07. The number of nitrogens with one attached hydrogen (secondary N) is 1. The zero-order valence-corrected chi connectivity index (χ0v) is 11.6. The summed E-state index contributed by atoms with van der Waals surface area (Å²) >= 11 is 0. The number of pyridine rings is 2. The van der Waals surface area contributed by atoms with Crippen LogP contribution in [0.5, 0.6) is 0 Å². The van der Waals surface area contributed by atoms with Crippen LogP contribution in [0, 0.1) is 0 Å². The van der Waals surface area contributed by atoms with Gasteiger partial charge >= 0.3 is 0 Å². The van der Waals surface area contributed by atoms with E-state index < -0.39 is 0 Å². The molecule has 0 unspecified atom stereocenters. The lowest BCUT2D eigenvalue weighted by Gasteiger charge is -2.05. The first-order valence-corrected chi connectivity index (χ1v) is 7.08. The zero-order chi connectivity index (χ0) is 14.0. The van der Waals surface area contributed by atoms with Gasteiger partial charge in [-0.1, -0.05) is 6.07 Å². The molecule has 2 heterocycles. The normalized spacial score (nSPS) is 10.7. The van der Waals surface area contributed by atoms with Crippen molar-refractivity contribution in [3.05, 3.63) is 48.3 Å². The molecule has 20 heavy (non-hydrogen) atoms. The third kappa shape index (κ3) is 4.72. The van der Waals surface area contributed by atoms with Gasteiger partial charge in [-0.05, 0) is 55.6 Å². The summed E-state index contributed by atoms with van der Waals surface area (Å²) in [6.45, 7) is 1.84. The van der Waals surface area contributed by atoms with Crippen LogP contribution in [-0.4, -0.2) is 34.8 Å². The first-order chi connectivity index (χ1) is 9.90. The van der Waals surface area contributed by atoms with Crippen LogP contribution in [0.4, 0.5) is 0 Å². The lowest BCUT2D eigenvalue weighted by atomic mass is 10.1. The van der Waals surface area contributed by atoms with Gasteiger partial charge in [0.05, 0.1) is 18.0 Å². The largest absolute Gasteiger partial charge is 0.395 e. The van der Waals surface area contributed by atoms with Crippen LogP contribution in [0.1, 0.15) is 18.4 Å². The van der Waals surface area contributed by atoms with Gasteiger partial charge in [-0.15, -0.1) is 0 Å². The predicted octanol–water partition coefficient (Wildman–Crippen LogP) is 2.05. The molecular formula is C16H21N3O. The van der Waals surface area contributed by atoms with Gasteiger partial charge in [0, 0.05) is 18.9 Å². The Bertz CT molecular complexity index is 502. The number of nitrogens with zero attached hydrogens (tertiary/aromatic N) is 2. The molecule has 4 heteroatoms. The summed E-state index contributed by atoms with van der Waals surface area (Å²) in [5.41, 5.74) is 3.14. The first kappa shape index (κ1) is 14.6. The second-order valence-electron chi connectivity index (χ2n) is 4.70. The minimum absolute atomic E-state index is 0.206. The molecule has 0 atom stereocenters. The van der Waals surface area contributed by atoms with Gasteiger partial charge < -0.3 is 10.4 Å². The molecule has 0 aliphatic heterocycles. The zero-order valence-electron chi connectivity index (χ0n) is 11.6. The predicted molar refractivity (Wildman–Crippen MR) is 80.4 cm³/mol. The van der Waals surface area contributed by atoms with Crippen LogP contribution >= 0.6 is 0 Å². The van der Waals surface area contributed by atoms with E-state index in [9.17, 15) is 0 Å². The molecular weight excluding hydrogens is 250 g/mol. The van der Waals surface area contributed by atoms with Crippen LogP contribution in [0.15, 0.2) is 42.7 Å². The molecule has 2 aromatic rings. The van der Waals surface area contributed by atoms with Gasteiger partial charge in [0.1, 0.15) is 0 Å². The summed E-state index contributed by atoms with van der Waals surface area (Å²) in [6.07, 6.45) is 6.92. The Morgan fingerprint density at radius 2 is 1.85 bits per heavy atom.